The van der Waals surface area contributed by atoms with Gasteiger partial charge in [-0.1, -0.05) is 6.07 Å². The Morgan fingerprint density at radius 1 is 0.957 bits per heavy atom. The van der Waals surface area contributed by atoms with E-state index in [0.717, 1.165) is 25.9 Å². The normalized spacial score (nSPS) is 19.1. The van der Waals surface area contributed by atoms with Crippen molar-refractivity contribution in [3.8, 4) is 5.75 Å². The van der Waals surface area contributed by atoms with Crippen molar-refractivity contribution in [3.63, 3.8) is 0 Å². The van der Waals surface area contributed by atoms with Crippen LogP contribution in [0.1, 0.15) is 23.2 Å². The summed E-state index contributed by atoms with van der Waals surface area (Å²) in [5.74, 6) is 0.243. The number of rotatable bonds is 3. The summed E-state index contributed by atoms with van der Waals surface area (Å²) < 4.78 is 0. The molecule has 1 aromatic carbocycles. The molecule has 0 unspecified atom stereocenters. The lowest BCUT2D eigenvalue weighted by atomic mass is 10.1. The van der Waals surface area contributed by atoms with E-state index in [1.54, 1.807) is 23.1 Å². The molecule has 124 valence electrons. The molecule has 0 aliphatic carbocycles. The predicted molar refractivity (Wildman–Crippen MR) is 86.3 cm³/mol. The molecule has 2 heterocycles. The van der Waals surface area contributed by atoms with Gasteiger partial charge in [0, 0.05) is 44.8 Å². The van der Waals surface area contributed by atoms with E-state index in [0.29, 0.717) is 38.3 Å². The van der Waals surface area contributed by atoms with Gasteiger partial charge in [0.1, 0.15) is 5.75 Å². The number of amides is 2. The minimum Gasteiger partial charge on any atom is -0.508 e. The van der Waals surface area contributed by atoms with Crippen molar-refractivity contribution in [2.45, 2.75) is 12.8 Å². The Balaban J connectivity index is 1.50. The lowest BCUT2D eigenvalue weighted by Gasteiger charge is -2.35. The fraction of sp³-hybridized carbons (Fsp3) is 0.529. The molecule has 6 nitrogen and oxygen atoms in total. The number of piperazine rings is 1. The van der Waals surface area contributed by atoms with Crippen LogP contribution in [0.15, 0.2) is 24.3 Å². The van der Waals surface area contributed by atoms with Crippen molar-refractivity contribution in [2.75, 3.05) is 45.8 Å². The van der Waals surface area contributed by atoms with Gasteiger partial charge >= 0.3 is 0 Å². The Hall–Kier alpha value is -2.08. The minimum absolute atomic E-state index is 0.0635. The van der Waals surface area contributed by atoms with Gasteiger partial charge in [-0.3, -0.25) is 14.5 Å². The Kier molecular flexibility index (Phi) is 4.81. The summed E-state index contributed by atoms with van der Waals surface area (Å²) in [5.41, 5.74) is 0.506. The molecule has 2 amide bonds. The number of phenolic OH excluding ortho intramolecular Hbond substituents is 1. The quantitative estimate of drug-likeness (QED) is 0.894. The average Bonchev–Trinajstić information content (AvgIpc) is 3.09. The SMILES string of the molecule is O=C(CN1CCN(C(=O)c2cccc(O)c2)CC1)N1CCCC1. The minimum atomic E-state index is -0.0635. The highest BCUT2D eigenvalue weighted by Crippen LogP contribution is 2.15. The van der Waals surface area contributed by atoms with Crippen molar-refractivity contribution in [1.29, 1.82) is 0 Å². The number of aromatic hydroxyl groups is 1. The topological polar surface area (TPSA) is 64.1 Å². The number of carbonyl (C=O) groups is 2. The molecule has 23 heavy (non-hydrogen) atoms. The molecule has 2 aliphatic rings. The second-order valence-corrected chi connectivity index (χ2v) is 6.21. The molecule has 0 aromatic heterocycles. The van der Waals surface area contributed by atoms with Crippen LogP contribution in [0.2, 0.25) is 0 Å². The first-order valence-electron chi connectivity index (χ1n) is 8.22. The Labute approximate surface area is 136 Å². The Morgan fingerprint density at radius 3 is 2.30 bits per heavy atom. The molecule has 0 bridgehead atoms. The van der Waals surface area contributed by atoms with Gasteiger partial charge in [0.15, 0.2) is 0 Å². The van der Waals surface area contributed by atoms with E-state index < -0.39 is 0 Å². The van der Waals surface area contributed by atoms with Crippen LogP contribution in [-0.2, 0) is 4.79 Å². The van der Waals surface area contributed by atoms with E-state index in [-0.39, 0.29) is 17.6 Å². The van der Waals surface area contributed by atoms with E-state index in [4.69, 9.17) is 0 Å². The van der Waals surface area contributed by atoms with E-state index in [9.17, 15) is 14.7 Å². The van der Waals surface area contributed by atoms with Gasteiger partial charge in [0.25, 0.3) is 5.91 Å². The zero-order chi connectivity index (χ0) is 16.2. The summed E-state index contributed by atoms with van der Waals surface area (Å²) in [6.07, 6.45) is 2.22. The van der Waals surface area contributed by atoms with Gasteiger partial charge in [-0.15, -0.1) is 0 Å². The zero-order valence-electron chi connectivity index (χ0n) is 13.3. The molecule has 2 fully saturated rings. The Morgan fingerprint density at radius 2 is 1.65 bits per heavy atom. The third-order valence-electron chi connectivity index (χ3n) is 4.57. The molecule has 0 atom stereocenters. The van der Waals surface area contributed by atoms with Crippen LogP contribution in [-0.4, -0.2) is 77.4 Å². The number of hydrogen-bond donors (Lipinski definition) is 1. The zero-order valence-corrected chi connectivity index (χ0v) is 13.3. The molecule has 0 radical (unpaired) electrons. The molecule has 1 aromatic rings. The van der Waals surface area contributed by atoms with Crippen LogP contribution in [0.25, 0.3) is 0 Å². The van der Waals surface area contributed by atoms with Crippen molar-refractivity contribution in [3.05, 3.63) is 29.8 Å². The molecule has 2 saturated heterocycles. The van der Waals surface area contributed by atoms with Gasteiger partial charge in [-0.2, -0.15) is 0 Å². The molecule has 3 rings (SSSR count). The molecule has 1 N–H and O–H groups in total. The molecular formula is C17H23N3O3. The fourth-order valence-electron chi connectivity index (χ4n) is 3.19. The van der Waals surface area contributed by atoms with E-state index in [1.165, 1.54) is 6.07 Å². The summed E-state index contributed by atoms with van der Waals surface area (Å²) in [6.45, 7) is 4.87. The number of likely N-dealkylation sites (tertiary alicyclic amines) is 1. The highest BCUT2D eigenvalue weighted by atomic mass is 16.3. The second kappa shape index (κ2) is 7.00. The van der Waals surface area contributed by atoms with Crippen LogP contribution in [0.5, 0.6) is 5.75 Å². The van der Waals surface area contributed by atoms with Gasteiger partial charge in [-0.05, 0) is 31.0 Å². The highest BCUT2D eigenvalue weighted by Gasteiger charge is 2.25. The smallest absolute Gasteiger partial charge is 0.254 e. The monoisotopic (exact) mass is 317 g/mol. The van der Waals surface area contributed by atoms with Gasteiger partial charge in [0.05, 0.1) is 6.54 Å². The second-order valence-electron chi connectivity index (χ2n) is 6.21. The molecule has 6 heteroatoms. The standard InChI is InChI=1S/C17H23N3O3/c21-15-5-3-4-14(12-15)17(23)20-10-8-18(9-11-20)13-16(22)19-6-1-2-7-19/h3-5,12,21H,1-2,6-11,13H2. The van der Waals surface area contributed by atoms with Crippen LogP contribution >= 0.6 is 0 Å². The van der Waals surface area contributed by atoms with E-state index >= 15 is 0 Å². The predicted octanol–water partition coefficient (Wildman–Crippen LogP) is 0.772. The lowest BCUT2D eigenvalue weighted by Crippen LogP contribution is -2.51. The molecule has 0 spiro atoms. The van der Waals surface area contributed by atoms with Crippen molar-refractivity contribution in [1.82, 2.24) is 14.7 Å². The van der Waals surface area contributed by atoms with E-state index in [1.807, 2.05) is 4.90 Å². The number of phenols is 1. The third kappa shape index (κ3) is 3.82. The third-order valence-corrected chi connectivity index (χ3v) is 4.57. The van der Waals surface area contributed by atoms with Crippen LogP contribution in [0.3, 0.4) is 0 Å². The van der Waals surface area contributed by atoms with Crippen LogP contribution in [0, 0.1) is 0 Å². The van der Waals surface area contributed by atoms with E-state index in [2.05, 4.69) is 4.90 Å². The maximum Gasteiger partial charge on any atom is 0.254 e. The number of nitrogens with zero attached hydrogens (tertiary/aromatic N) is 3. The van der Waals surface area contributed by atoms with Gasteiger partial charge in [0.2, 0.25) is 5.91 Å². The largest absolute Gasteiger partial charge is 0.508 e. The summed E-state index contributed by atoms with van der Waals surface area (Å²) in [6, 6.07) is 6.43. The first-order valence-corrected chi connectivity index (χ1v) is 8.22. The Bertz CT molecular complexity index is 576. The maximum absolute atomic E-state index is 12.4. The van der Waals surface area contributed by atoms with Crippen molar-refractivity contribution >= 4 is 11.8 Å². The average molecular weight is 317 g/mol. The molecular weight excluding hydrogens is 294 g/mol. The first-order chi connectivity index (χ1) is 11.1. The van der Waals surface area contributed by atoms with Crippen LogP contribution in [0.4, 0.5) is 0 Å². The van der Waals surface area contributed by atoms with Gasteiger partial charge in [-0.25, -0.2) is 0 Å². The first kappa shape index (κ1) is 15.8. The van der Waals surface area contributed by atoms with Crippen molar-refractivity contribution in [2.24, 2.45) is 0 Å². The molecule has 0 saturated carbocycles. The number of benzene rings is 1. The lowest BCUT2D eigenvalue weighted by molar-refractivity contribution is -0.131. The molecule has 2 aliphatic heterocycles. The van der Waals surface area contributed by atoms with Crippen LogP contribution < -0.4 is 0 Å². The summed E-state index contributed by atoms with van der Waals surface area (Å²) >= 11 is 0. The van der Waals surface area contributed by atoms with Gasteiger partial charge < -0.3 is 14.9 Å². The summed E-state index contributed by atoms with van der Waals surface area (Å²) in [4.78, 5) is 30.4. The van der Waals surface area contributed by atoms with Crippen molar-refractivity contribution < 1.29 is 14.7 Å². The number of hydrogen-bond acceptors (Lipinski definition) is 4. The highest BCUT2D eigenvalue weighted by molar-refractivity contribution is 5.94. The fourth-order valence-corrected chi connectivity index (χ4v) is 3.19. The summed E-state index contributed by atoms with van der Waals surface area (Å²) in [7, 11) is 0. The summed E-state index contributed by atoms with van der Waals surface area (Å²) in [5, 5.41) is 9.48. The number of carbonyl (C=O) groups excluding carboxylic acids is 2. The maximum atomic E-state index is 12.4.